The van der Waals surface area contributed by atoms with Crippen LogP contribution in [-0.2, 0) is 24.1 Å². The zero-order chi connectivity index (χ0) is 18.6. The van der Waals surface area contributed by atoms with E-state index in [1.54, 1.807) is 6.20 Å². The molecule has 8 heteroatoms. The number of hydrogen-bond donors (Lipinski definition) is 1. The molecule has 140 valence electrons. The second kappa shape index (κ2) is 8.01. The van der Waals surface area contributed by atoms with Gasteiger partial charge in [-0.1, -0.05) is 6.07 Å². The Morgan fingerprint density at radius 2 is 2.08 bits per heavy atom. The predicted molar refractivity (Wildman–Crippen MR) is 91.5 cm³/mol. The van der Waals surface area contributed by atoms with Crippen LogP contribution in [0.5, 0.6) is 0 Å². The first kappa shape index (κ1) is 18.6. The Morgan fingerprint density at radius 1 is 1.23 bits per heavy atom. The lowest BCUT2D eigenvalue weighted by atomic mass is 10.2. The fourth-order valence-corrected chi connectivity index (χ4v) is 2.94. The van der Waals surface area contributed by atoms with Crippen LogP contribution in [0.25, 0.3) is 0 Å². The number of pyridine rings is 2. The van der Waals surface area contributed by atoms with Gasteiger partial charge < -0.3 is 10.1 Å². The van der Waals surface area contributed by atoms with E-state index in [1.165, 1.54) is 12.3 Å². The molecule has 1 fully saturated rings. The maximum atomic E-state index is 12.5. The molecule has 0 spiro atoms. The molecule has 0 unspecified atom stereocenters. The lowest BCUT2D eigenvalue weighted by Crippen LogP contribution is -2.23. The highest BCUT2D eigenvalue weighted by atomic mass is 19.4. The van der Waals surface area contributed by atoms with Gasteiger partial charge in [-0.25, -0.2) is 0 Å². The number of rotatable bonds is 6. The highest BCUT2D eigenvalue weighted by molar-refractivity contribution is 5.41. The van der Waals surface area contributed by atoms with E-state index in [9.17, 15) is 13.2 Å². The second-order valence-corrected chi connectivity index (χ2v) is 6.34. The molecule has 3 heterocycles. The van der Waals surface area contributed by atoms with Gasteiger partial charge in [0.25, 0.3) is 0 Å². The monoisotopic (exact) mass is 366 g/mol. The van der Waals surface area contributed by atoms with Crippen LogP contribution in [0, 0.1) is 0 Å². The van der Waals surface area contributed by atoms with Crippen LogP contribution in [-0.4, -0.2) is 41.1 Å². The minimum Gasteiger partial charge on any atom is -0.387 e. The summed E-state index contributed by atoms with van der Waals surface area (Å²) < 4.78 is 43.4. The van der Waals surface area contributed by atoms with Gasteiger partial charge in [0, 0.05) is 45.3 Å². The highest BCUT2D eigenvalue weighted by Crippen LogP contribution is 2.27. The maximum absolute atomic E-state index is 12.5. The normalized spacial score (nSPS) is 18.2. The number of anilines is 1. The van der Waals surface area contributed by atoms with Crippen LogP contribution in [0.3, 0.4) is 0 Å². The molecule has 0 amide bonds. The molecule has 0 aliphatic carbocycles. The number of hydrogen-bond acceptors (Lipinski definition) is 5. The first-order chi connectivity index (χ1) is 12.4. The Morgan fingerprint density at radius 3 is 2.77 bits per heavy atom. The molecule has 1 aliphatic heterocycles. The van der Waals surface area contributed by atoms with Gasteiger partial charge in [0.05, 0.1) is 18.4 Å². The van der Waals surface area contributed by atoms with E-state index in [-0.39, 0.29) is 12.7 Å². The van der Waals surface area contributed by atoms with Gasteiger partial charge in [0.1, 0.15) is 5.69 Å². The summed E-state index contributed by atoms with van der Waals surface area (Å²) >= 11 is 0. The predicted octanol–water partition coefficient (Wildman–Crippen LogP) is 3.33. The summed E-state index contributed by atoms with van der Waals surface area (Å²) in [5, 5.41) is 3.07. The van der Waals surface area contributed by atoms with Gasteiger partial charge in [0.2, 0.25) is 0 Å². The maximum Gasteiger partial charge on any atom is 0.433 e. The Balaban J connectivity index is 1.47. The van der Waals surface area contributed by atoms with Crippen LogP contribution in [0.4, 0.5) is 18.9 Å². The van der Waals surface area contributed by atoms with Crippen molar-refractivity contribution in [2.75, 3.05) is 25.5 Å². The summed E-state index contributed by atoms with van der Waals surface area (Å²) in [7, 11) is 1.86. The Bertz CT molecular complexity index is 721. The third-order valence-corrected chi connectivity index (χ3v) is 4.32. The van der Waals surface area contributed by atoms with Crippen molar-refractivity contribution in [2.24, 2.45) is 0 Å². The van der Waals surface area contributed by atoms with Crippen molar-refractivity contribution in [2.45, 2.75) is 31.9 Å². The molecule has 0 saturated carbocycles. The fourth-order valence-electron chi connectivity index (χ4n) is 2.94. The molecule has 1 saturated heterocycles. The molecule has 1 atom stereocenters. The third-order valence-electron chi connectivity index (χ3n) is 4.32. The summed E-state index contributed by atoms with van der Waals surface area (Å²) in [6.07, 6.45) is 1.40. The van der Waals surface area contributed by atoms with Gasteiger partial charge in [0.15, 0.2) is 0 Å². The number of nitrogens with one attached hydrogen (secondary N) is 1. The topological polar surface area (TPSA) is 50.3 Å². The van der Waals surface area contributed by atoms with Crippen molar-refractivity contribution in [1.82, 2.24) is 14.9 Å². The highest BCUT2D eigenvalue weighted by Gasteiger charge is 2.32. The van der Waals surface area contributed by atoms with Crippen LogP contribution < -0.4 is 5.32 Å². The number of aromatic nitrogens is 2. The molecular formula is C18H21F3N4O. The van der Waals surface area contributed by atoms with Crippen molar-refractivity contribution in [3.8, 4) is 0 Å². The smallest absolute Gasteiger partial charge is 0.387 e. The molecule has 0 bridgehead atoms. The number of ether oxygens (including phenoxy) is 1. The summed E-state index contributed by atoms with van der Waals surface area (Å²) in [6, 6.07) is 4.47. The van der Waals surface area contributed by atoms with Crippen LogP contribution in [0.15, 0.2) is 36.8 Å². The summed E-state index contributed by atoms with van der Waals surface area (Å²) in [5.41, 5.74) is 1.86. The van der Waals surface area contributed by atoms with E-state index in [1.807, 2.05) is 13.2 Å². The van der Waals surface area contributed by atoms with Gasteiger partial charge >= 0.3 is 6.18 Å². The molecule has 3 rings (SSSR count). The lowest BCUT2D eigenvalue weighted by Gasteiger charge is -2.16. The largest absolute Gasteiger partial charge is 0.433 e. The van der Waals surface area contributed by atoms with E-state index in [0.717, 1.165) is 43.4 Å². The standard InChI is InChI=1S/C18H21F3N4O/c1-22-15-6-14(7-23-9-15)10-25-5-4-16(11-25)26-12-13-2-3-17(24-8-13)18(19,20)21/h2-3,6-9,16,22H,4-5,10-12H2,1H3/t16-/m0/s1. The summed E-state index contributed by atoms with van der Waals surface area (Å²) in [6.45, 7) is 2.77. The van der Waals surface area contributed by atoms with Crippen LogP contribution >= 0.6 is 0 Å². The fraction of sp³-hybridized carbons (Fsp3) is 0.444. The molecule has 26 heavy (non-hydrogen) atoms. The van der Waals surface area contributed by atoms with Crippen LogP contribution in [0.2, 0.25) is 0 Å². The first-order valence-electron chi connectivity index (χ1n) is 8.42. The van der Waals surface area contributed by atoms with Crippen molar-refractivity contribution >= 4 is 5.69 Å². The van der Waals surface area contributed by atoms with E-state index in [2.05, 4.69) is 26.3 Å². The van der Waals surface area contributed by atoms with Crippen molar-refractivity contribution in [1.29, 1.82) is 0 Å². The van der Waals surface area contributed by atoms with Crippen molar-refractivity contribution < 1.29 is 17.9 Å². The zero-order valence-electron chi connectivity index (χ0n) is 14.5. The van der Waals surface area contributed by atoms with Crippen molar-refractivity contribution in [3.63, 3.8) is 0 Å². The average Bonchev–Trinajstić information content (AvgIpc) is 3.07. The quantitative estimate of drug-likeness (QED) is 0.850. The lowest BCUT2D eigenvalue weighted by molar-refractivity contribution is -0.141. The number of nitrogens with zero attached hydrogens (tertiary/aromatic N) is 3. The second-order valence-electron chi connectivity index (χ2n) is 6.34. The van der Waals surface area contributed by atoms with E-state index in [0.29, 0.717) is 5.56 Å². The van der Waals surface area contributed by atoms with Gasteiger partial charge in [-0.3, -0.25) is 14.9 Å². The van der Waals surface area contributed by atoms with Crippen LogP contribution in [0.1, 0.15) is 23.2 Å². The minimum atomic E-state index is -4.41. The molecule has 5 nitrogen and oxygen atoms in total. The van der Waals surface area contributed by atoms with E-state index >= 15 is 0 Å². The molecule has 1 aliphatic rings. The number of likely N-dealkylation sites (tertiary alicyclic amines) is 1. The first-order valence-corrected chi connectivity index (χ1v) is 8.42. The number of halogens is 3. The van der Waals surface area contributed by atoms with Crippen molar-refractivity contribution in [3.05, 3.63) is 53.6 Å². The minimum absolute atomic E-state index is 0.0673. The average molecular weight is 366 g/mol. The molecule has 0 aromatic carbocycles. The number of alkyl halides is 3. The van der Waals surface area contributed by atoms with Gasteiger partial charge in [-0.05, 0) is 29.7 Å². The molecule has 2 aromatic heterocycles. The summed E-state index contributed by atoms with van der Waals surface area (Å²) in [4.78, 5) is 9.95. The third kappa shape index (κ3) is 4.92. The van der Waals surface area contributed by atoms with Gasteiger partial charge in [-0.2, -0.15) is 13.2 Å². The summed E-state index contributed by atoms with van der Waals surface area (Å²) in [5.74, 6) is 0. The SMILES string of the molecule is CNc1cncc(CN2CC[C@H](OCc3ccc(C(F)(F)F)nc3)C2)c1. The van der Waals surface area contributed by atoms with E-state index in [4.69, 9.17) is 4.74 Å². The molecule has 2 aromatic rings. The molecule has 1 N–H and O–H groups in total. The molecular weight excluding hydrogens is 345 g/mol. The van der Waals surface area contributed by atoms with Gasteiger partial charge in [-0.15, -0.1) is 0 Å². The van der Waals surface area contributed by atoms with E-state index < -0.39 is 11.9 Å². The Hall–Kier alpha value is -2.19. The Kier molecular flexibility index (Phi) is 5.73. The zero-order valence-corrected chi connectivity index (χ0v) is 14.5. The molecule has 0 radical (unpaired) electrons. The Labute approximate surface area is 150 Å².